The topological polar surface area (TPSA) is 98.2 Å². The number of aryl methyl sites for hydroxylation is 1. The summed E-state index contributed by atoms with van der Waals surface area (Å²) in [6, 6.07) is 8.54. The first-order valence-corrected chi connectivity index (χ1v) is 6.74. The SMILES string of the molecule is Cc1noc(CCNC(=O)c2cc3ccccc3oc2=O)n1. The standard InChI is InChI=1S/C15H13N3O4/c1-9-17-13(22-18-9)6-7-16-14(19)11-8-10-4-2-3-5-12(10)21-15(11)20/h2-5,8H,6-7H2,1H3,(H,16,19). The van der Waals surface area contributed by atoms with Crippen LogP contribution in [0.2, 0.25) is 0 Å². The number of hydrogen-bond acceptors (Lipinski definition) is 6. The molecule has 0 bridgehead atoms. The van der Waals surface area contributed by atoms with Gasteiger partial charge in [-0.3, -0.25) is 4.79 Å². The highest BCUT2D eigenvalue weighted by atomic mass is 16.5. The van der Waals surface area contributed by atoms with Gasteiger partial charge in [0, 0.05) is 18.4 Å². The number of benzene rings is 1. The lowest BCUT2D eigenvalue weighted by molar-refractivity contribution is 0.0950. The van der Waals surface area contributed by atoms with E-state index in [0.29, 0.717) is 29.1 Å². The van der Waals surface area contributed by atoms with Crippen LogP contribution in [0.3, 0.4) is 0 Å². The largest absolute Gasteiger partial charge is 0.422 e. The average molecular weight is 299 g/mol. The predicted octanol–water partition coefficient (Wildman–Crippen LogP) is 1.46. The zero-order valence-electron chi connectivity index (χ0n) is 11.8. The molecule has 0 spiro atoms. The summed E-state index contributed by atoms with van der Waals surface area (Å²) in [6.07, 6.45) is 0.394. The smallest absolute Gasteiger partial charge is 0.349 e. The Morgan fingerprint density at radius 1 is 1.32 bits per heavy atom. The van der Waals surface area contributed by atoms with Crippen molar-refractivity contribution in [3.63, 3.8) is 0 Å². The van der Waals surface area contributed by atoms with E-state index in [9.17, 15) is 9.59 Å². The molecule has 2 aromatic heterocycles. The molecule has 0 fully saturated rings. The predicted molar refractivity (Wildman–Crippen MR) is 77.6 cm³/mol. The van der Waals surface area contributed by atoms with Crippen molar-refractivity contribution in [3.8, 4) is 0 Å². The van der Waals surface area contributed by atoms with E-state index in [-0.39, 0.29) is 12.1 Å². The van der Waals surface area contributed by atoms with Gasteiger partial charge in [0.2, 0.25) is 5.89 Å². The summed E-state index contributed by atoms with van der Waals surface area (Å²) in [6.45, 7) is 2.00. The Kier molecular flexibility index (Phi) is 3.69. The van der Waals surface area contributed by atoms with Crippen molar-refractivity contribution < 1.29 is 13.7 Å². The van der Waals surface area contributed by atoms with Crippen molar-refractivity contribution >= 4 is 16.9 Å². The molecule has 0 aliphatic carbocycles. The van der Waals surface area contributed by atoms with E-state index in [0.717, 1.165) is 0 Å². The van der Waals surface area contributed by atoms with E-state index >= 15 is 0 Å². The summed E-state index contributed by atoms with van der Waals surface area (Å²) >= 11 is 0. The highest BCUT2D eigenvalue weighted by Gasteiger charge is 2.13. The Morgan fingerprint density at radius 3 is 2.91 bits per heavy atom. The third-order valence-corrected chi connectivity index (χ3v) is 3.08. The minimum atomic E-state index is -0.662. The van der Waals surface area contributed by atoms with Gasteiger partial charge in [-0.2, -0.15) is 4.98 Å². The fourth-order valence-electron chi connectivity index (χ4n) is 2.04. The van der Waals surface area contributed by atoms with Gasteiger partial charge in [0.25, 0.3) is 5.91 Å². The Labute approximate surface area is 124 Å². The maximum absolute atomic E-state index is 12.1. The van der Waals surface area contributed by atoms with Gasteiger partial charge in [0.15, 0.2) is 5.82 Å². The monoisotopic (exact) mass is 299 g/mol. The van der Waals surface area contributed by atoms with Crippen LogP contribution in [0.25, 0.3) is 11.0 Å². The molecule has 1 N–H and O–H groups in total. The van der Waals surface area contributed by atoms with Gasteiger partial charge in [-0.05, 0) is 19.1 Å². The summed E-state index contributed by atoms with van der Waals surface area (Å²) in [5.41, 5.74) is -0.240. The highest BCUT2D eigenvalue weighted by Crippen LogP contribution is 2.12. The number of amides is 1. The Balaban J connectivity index is 1.72. The second-order valence-corrected chi connectivity index (χ2v) is 4.73. The number of nitrogens with zero attached hydrogens (tertiary/aromatic N) is 2. The van der Waals surface area contributed by atoms with Crippen LogP contribution in [0, 0.1) is 6.92 Å². The molecule has 0 aliphatic rings. The van der Waals surface area contributed by atoms with Gasteiger partial charge in [-0.1, -0.05) is 23.4 Å². The van der Waals surface area contributed by atoms with E-state index in [1.165, 1.54) is 6.07 Å². The fraction of sp³-hybridized carbons (Fsp3) is 0.200. The number of rotatable bonds is 4. The summed E-state index contributed by atoms with van der Waals surface area (Å²) in [5.74, 6) is 0.482. The van der Waals surface area contributed by atoms with Gasteiger partial charge in [0.05, 0.1) is 0 Å². The van der Waals surface area contributed by atoms with E-state index in [1.54, 1.807) is 25.1 Å². The van der Waals surface area contributed by atoms with Crippen LogP contribution < -0.4 is 10.9 Å². The first-order chi connectivity index (χ1) is 10.6. The lowest BCUT2D eigenvalue weighted by Gasteiger charge is -2.03. The van der Waals surface area contributed by atoms with Gasteiger partial charge in [-0.25, -0.2) is 4.79 Å². The van der Waals surface area contributed by atoms with Gasteiger partial charge in [-0.15, -0.1) is 0 Å². The lowest BCUT2D eigenvalue weighted by Crippen LogP contribution is -2.29. The van der Waals surface area contributed by atoms with Crippen LogP contribution >= 0.6 is 0 Å². The fourth-order valence-corrected chi connectivity index (χ4v) is 2.04. The van der Waals surface area contributed by atoms with Crippen molar-refractivity contribution in [1.29, 1.82) is 0 Å². The Hall–Kier alpha value is -2.96. The molecule has 3 rings (SSSR count). The number of nitrogens with one attached hydrogen (secondary N) is 1. The number of hydrogen-bond donors (Lipinski definition) is 1. The second kappa shape index (κ2) is 5.80. The molecule has 3 aromatic rings. The van der Waals surface area contributed by atoms with Crippen molar-refractivity contribution in [3.05, 3.63) is 58.0 Å². The zero-order valence-corrected chi connectivity index (χ0v) is 11.8. The van der Waals surface area contributed by atoms with Crippen LogP contribution in [-0.2, 0) is 6.42 Å². The zero-order chi connectivity index (χ0) is 15.5. The first-order valence-electron chi connectivity index (χ1n) is 6.74. The first kappa shape index (κ1) is 14.0. The molecule has 0 saturated carbocycles. The third kappa shape index (κ3) is 2.88. The maximum atomic E-state index is 12.1. The molecular weight excluding hydrogens is 286 g/mol. The molecule has 112 valence electrons. The molecule has 0 atom stereocenters. The number of fused-ring (bicyclic) bond motifs is 1. The minimum Gasteiger partial charge on any atom is -0.422 e. The van der Waals surface area contributed by atoms with E-state index in [1.807, 2.05) is 6.07 Å². The van der Waals surface area contributed by atoms with E-state index in [4.69, 9.17) is 8.94 Å². The quantitative estimate of drug-likeness (QED) is 0.732. The molecular formula is C15H13N3O4. The van der Waals surface area contributed by atoms with Crippen LogP contribution in [0.1, 0.15) is 22.1 Å². The van der Waals surface area contributed by atoms with Gasteiger partial charge >= 0.3 is 5.63 Å². The summed E-state index contributed by atoms with van der Waals surface area (Å²) in [7, 11) is 0. The van der Waals surface area contributed by atoms with Crippen molar-refractivity contribution in [2.45, 2.75) is 13.3 Å². The summed E-state index contributed by atoms with van der Waals surface area (Å²) in [4.78, 5) is 27.9. The van der Waals surface area contributed by atoms with Crippen molar-refractivity contribution in [2.75, 3.05) is 6.54 Å². The molecule has 0 saturated heterocycles. The van der Waals surface area contributed by atoms with Crippen LogP contribution in [0.4, 0.5) is 0 Å². The molecule has 2 heterocycles. The summed E-state index contributed by atoms with van der Waals surface area (Å²) in [5, 5.41) is 6.99. The molecule has 7 nitrogen and oxygen atoms in total. The molecule has 7 heteroatoms. The van der Waals surface area contributed by atoms with Gasteiger partial charge < -0.3 is 14.3 Å². The third-order valence-electron chi connectivity index (χ3n) is 3.08. The molecule has 22 heavy (non-hydrogen) atoms. The maximum Gasteiger partial charge on any atom is 0.349 e. The molecule has 1 aromatic carbocycles. The van der Waals surface area contributed by atoms with Crippen molar-refractivity contribution in [2.24, 2.45) is 0 Å². The second-order valence-electron chi connectivity index (χ2n) is 4.73. The normalized spacial score (nSPS) is 10.8. The van der Waals surface area contributed by atoms with E-state index < -0.39 is 11.5 Å². The number of para-hydroxylation sites is 1. The summed E-state index contributed by atoms with van der Waals surface area (Å²) < 4.78 is 10.1. The number of carbonyl (C=O) groups excluding carboxylic acids is 1. The number of aromatic nitrogens is 2. The number of carbonyl (C=O) groups is 1. The average Bonchev–Trinajstić information content (AvgIpc) is 2.92. The lowest BCUT2D eigenvalue weighted by atomic mass is 10.2. The molecule has 0 unspecified atom stereocenters. The highest BCUT2D eigenvalue weighted by molar-refractivity contribution is 5.96. The Bertz CT molecular complexity index is 882. The Morgan fingerprint density at radius 2 is 2.14 bits per heavy atom. The van der Waals surface area contributed by atoms with Crippen LogP contribution in [0.5, 0.6) is 0 Å². The molecule has 1 amide bonds. The van der Waals surface area contributed by atoms with Crippen LogP contribution in [-0.4, -0.2) is 22.6 Å². The van der Waals surface area contributed by atoms with Crippen molar-refractivity contribution in [1.82, 2.24) is 15.5 Å². The van der Waals surface area contributed by atoms with Gasteiger partial charge in [0.1, 0.15) is 11.1 Å². The van der Waals surface area contributed by atoms with Crippen LogP contribution in [0.15, 0.2) is 44.1 Å². The van der Waals surface area contributed by atoms with E-state index in [2.05, 4.69) is 15.5 Å². The minimum absolute atomic E-state index is 0.0274. The molecule has 0 radical (unpaired) electrons. The molecule has 0 aliphatic heterocycles.